The molecule has 1 unspecified atom stereocenters. The van der Waals surface area contributed by atoms with Crippen molar-refractivity contribution in [3.8, 4) is 5.75 Å². The summed E-state index contributed by atoms with van der Waals surface area (Å²) in [5.41, 5.74) is 1.74. The largest absolute Gasteiger partial charge is 0.491 e. The first kappa shape index (κ1) is 21.4. The summed E-state index contributed by atoms with van der Waals surface area (Å²) in [6, 6.07) is 17.2. The number of piperidine rings is 1. The molecule has 0 saturated carbocycles. The van der Waals surface area contributed by atoms with Gasteiger partial charge in [-0.3, -0.25) is 9.59 Å². The maximum absolute atomic E-state index is 12.8. The first-order chi connectivity index (χ1) is 15.2. The Kier molecular flexibility index (Phi) is 7.20. The molecule has 0 spiro atoms. The zero-order valence-electron chi connectivity index (χ0n) is 17.8. The lowest BCUT2D eigenvalue weighted by atomic mass is 9.95. The number of likely N-dealkylation sites (tertiary alicyclic amines) is 1. The maximum Gasteiger partial charge on any atom is 0.253 e. The lowest BCUT2D eigenvalue weighted by molar-refractivity contribution is -0.126. The van der Waals surface area contributed by atoms with Crippen LogP contribution in [0.15, 0.2) is 54.6 Å². The van der Waals surface area contributed by atoms with Crippen LogP contribution in [-0.2, 0) is 16.1 Å². The van der Waals surface area contributed by atoms with E-state index in [4.69, 9.17) is 9.47 Å². The molecule has 2 saturated heterocycles. The fourth-order valence-corrected chi connectivity index (χ4v) is 4.12. The topological polar surface area (TPSA) is 67.9 Å². The molecule has 0 radical (unpaired) electrons. The molecule has 0 bridgehead atoms. The number of amides is 2. The highest BCUT2D eigenvalue weighted by atomic mass is 16.5. The fraction of sp³-hybridized carbons (Fsp3) is 0.440. The number of hydrogen-bond donors (Lipinski definition) is 1. The highest BCUT2D eigenvalue weighted by Gasteiger charge is 2.27. The first-order valence-electron chi connectivity index (χ1n) is 11.1. The van der Waals surface area contributed by atoms with E-state index >= 15 is 0 Å². The van der Waals surface area contributed by atoms with Gasteiger partial charge in [-0.2, -0.15) is 0 Å². The summed E-state index contributed by atoms with van der Waals surface area (Å²) in [6.07, 6.45) is 3.68. The van der Waals surface area contributed by atoms with E-state index in [0.29, 0.717) is 44.6 Å². The van der Waals surface area contributed by atoms with E-state index in [-0.39, 0.29) is 23.8 Å². The normalized spacial score (nSPS) is 19.2. The molecule has 1 atom stereocenters. The van der Waals surface area contributed by atoms with Crippen LogP contribution >= 0.6 is 0 Å². The van der Waals surface area contributed by atoms with Crippen molar-refractivity contribution in [1.82, 2.24) is 10.2 Å². The molecule has 2 aromatic rings. The number of nitrogens with one attached hydrogen (secondary N) is 1. The van der Waals surface area contributed by atoms with Crippen LogP contribution in [0.25, 0.3) is 0 Å². The number of carbonyl (C=O) groups excluding carboxylic acids is 2. The average molecular weight is 423 g/mol. The molecule has 164 valence electrons. The SMILES string of the molecule is O=C(NCc1ccccc1)C1CCN(C(=O)c2ccc(OCC3CCCO3)cc2)CC1. The Bertz CT molecular complexity index is 855. The zero-order chi connectivity index (χ0) is 21.5. The van der Waals surface area contributed by atoms with Crippen molar-refractivity contribution >= 4 is 11.8 Å². The Morgan fingerprint density at radius 2 is 1.74 bits per heavy atom. The maximum atomic E-state index is 12.8. The smallest absolute Gasteiger partial charge is 0.253 e. The summed E-state index contributed by atoms with van der Waals surface area (Å²) in [5.74, 6) is 0.791. The molecular formula is C25H30N2O4. The summed E-state index contributed by atoms with van der Waals surface area (Å²) >= 11 is 0. The molecule has 6 nitrogen and oxygen atoms in total. The second-order valence-electron chi connectivity index (χ2n) is 8.24. The minimum absolute atomic E-state index is 0.00817. The first-order valence-corrected chi connectivity index (χ1v) is 11.1. The standard InChI is InChI=1S/C25H30N2O4/c28-24(26-17-19-5-2-1-3-6-19)20-12-14-27(15-13-20)25(29)21-8-10-22(11-9-21)31-18-23-7-4-16-30-23/h1-3,5-6,8-11,20,23H,4,7,12-18H2,(H,26,28). The lowest BCUT2D eigenvalue weighted by Gasteiger charge is -2.31. The molecule has 2 amide bonds. The van der Waals surface area contributed by atoms with Gasteiger partial charge < -0.3 is 19.7 Å². The van der Waals surface area contributed by atoms with Gasteiger partial charge in [-0.1, -0.05) is 30.3 Å². The van der Waals surface area contributed by atoms with Crippen LogP contribution in [0.3, 0.4) is 0 Å². The number of ether oxygens (including phenoxy) is 2. The van der Waals surface area contributed by atoms with E-state index in [2.05, 4.69) is 5.32 Å². The Labute approximate surface area is 183 Å². The van der Waals surface area contributed by atoms with E-state index in [9.17, 15) is 9.59 Å². The van der Waals surface area contributed by atoms with Crippen molar-refractivity contribution in [3.05, 3.63) is 65.7 Å². The van der Waals surface area contributed by atoms with Gasteiger partial charge in [-0.05, 0) is 55.5 Å². The predicted octanol–water partition coefficient (Wildman–Crippen LogP) is 3.41. The molecule has 2 fully saturated rings. The van der Waals surface area contributed by atoms with Gasteiger partial charge in [-0.25, -0.2) is 0 Å². The summed E-state index contributed by atoms with van der Waals surface area (Å²) < 4.78 is 11.3. The lowest BCUT2D eigenvalue weighted by Crippen LogP contribution is -2.42. The van der Waals surface area contributed by atoms with Gasteiger partial charge in [-0.15, -0.1) is 0 Å². The monoisotopic (exact) mass is 422 g/mol. The van der Waals surface area contributed by atoms with Crippen LogP contribution in [0, 0.1) is 5.92 Å². The summed E-state index contributed by atoms with van der Waals surface area (Å²) in [7, 11) is 0. The molecule has 2 aromatic carbocycles. The van der Waals surface area contributed by atoms with Crippen molar-refractivity contribution in [3.63, 3.8) is 0 Å². The minimum Gasteiger partial charge on any atom is -0.491 e. The van der Waals surface area contributed by atoms with Crippen LogP contribution < -0.4 is 10.1 Å². The Morgan fingerprint density at radius 1 is 1.00 bits per heavy atom. The molecule has 4 rings (SSSR count). The molecule has 1 N–H and O–H groups in total. The number of hydrogen-bond acceptors (Lipinski definition) is 4. The molecule has 6 heteroatoms. The third kappa shape index (κ3) is 5.85. The van der Waals surface area contributed by atoms with Gasteiger partial charge in [0.1, 0.15) is 12.4 Å². The number of rotatable bonds is 7. The van der Waals surface area contributed by atoms with Gasteiger partial charge >= 0.3 is 0 Å². The van der Waals surface area contributed by atoms with Gasteiger partial charge in [0.25, 0.3) is 5.91 Å². The molecule has 2 aliphatic rings. The molecule has 0 aliphatic carbocycles. The highest BCUT2D eigenvalue weighted by molar-refractivity contribution is 5.94. The summed E-state index contributed by atoms with van der Waals surface area (Å²) in [5, 5.41) is 3.02. The summed E-state index contributed by atoms with van der Waals surface area (Å²) in [6.45, 7) is 3.10. The van der Waals surface area contributed by atoms with Crippen LogP contribution in [0.5, 0.6) is 5.75 Å². The number of benzene rings is 2. The fourth-order valence-electron chi connectivity index (χ4n) is 4.12. The Morgan fingerprint density at radius 3 is 2.42 bits per heavy atom. The van der Waals surface area contributed by atoms with E-state index in [1.54, 1.807) is 0 Å². The second kappa shape index (κ2) is 10.4. The molecule has 2 heterocycles. The third-order valence-corrected chi connectivity index (χ3v) is 6.02. The number of nitrogens with zero attached hydrogens (tertiary/aromatic N) is 1. The Balaban J connectivity index is 1.21. The molecular weight excluding hydrogens is 392 g/mol. The van der Waals surface area contributed by atoms with Crippen molar-refractivity contribution in [2.24, 2.45) is 5.92 Å². The predicted molar refractivity (Wildman–Crippen MR) is 118 cm³/mol. The van der Waals surface area contributed by atoms with Crippen LogP contribution in [-0.4, -0.2) is 49.1 Å². The second-order valence-corrected chi connectivity index (χ2v) is 8.24. The van der Waals surface area contributed by atoms with Crippen molar-refractivity contribution in [1.29, 1.82) is 0 Å². The van der Waals surface area contributed by atoms with Crippen molar-refractivity contribution in [2.75, 3.05) is 26.3 Å². The highest BCUT2D eigenvalue weighted by Crippen LogP contribution is 2.21. The van der Waals surface area contributed by atoms with Crippen LogP contribution in [0.1, 0.15) is 41.6 Å². The van der Waals surface area contributed by atoms with Crippen LogP contribution in [0.4, 0.5) is 0 Å². The average Bonchev–Trinajstić information content (AvgIpc) is 3.36. The third-order valence-electron chi connectivity index (χ3n) is 6.02. The zero-order valence-corrected chi connectivity index (χ0v) is 17.8. The summed E-state index contributed by atoms with van der Waals surface area (Å²) in [4.78, 5) is 27.1. The minimum atomic E-state index is -0.0404. The molecule has 2 aliphatic heterocycles. The van der Waals surface area contributed by atoms with E-state index in [1.165, 1.54) is 0 Å². The van der Waals surface area contributed by atoms with Gasteiger partial charge in [0.15, 0.2) is 0 Å². The van der Waals surface area contributed by atoms with E-state index in [1.807, 2.05) is 59.5 Å². The van der Waals surface area contributed by atoms with E-state index in [0.717, 1.165) is 30.8 Å². The van der Waals surface area contributed by atoms with E-state index < -0.39 is 0 Å². The number of carbonyl (C=O) groups is 2. The van der Waals surface area contributed by atoms with Gasteiger partial charge in [0.2, 0.25) is 5.91 Å². The Hall–Kier alpha value is -2.86. The molecule has 0 aromatic heterocycles. The van der Waals surface area contributed by atoms with Gasteiger partial charge in [0, 0.05) is 37.7 Å². The molecule has 31 heavy (non-hydrogen) atoms. The van der Waals surface area contributed by atoms with Crippen LogP contribution in [0.2, 0.25) is 0 Å². The van der Waals surface area contributed by atoms with Gasteiger partial charge in [0.05, 0.1) is 6.10 Å². The van der Waals surface area contributed by atoms with Crippen molar-refractivity contribution in [2.45, 2.75) is 38.3 Å². The quantitative estimate of drug-likeness (QED) is 0.743. The van der Waals surface area contributed by atoms with Crippen molar-refractivity contribution < 1.29 is 19.1 Å².